The molecule has 2 aromatic rings. The molecule has 27 heavy (non-hydrogen) atoms. The Labute approximate surface area is 156 Å². The number of carbonyl (C=O) groups is 1. The SMILES string of the molecule is CC=O.CNC(C)(C)c1c(F)c(-c2ccc(F)cc2)nc(C(O)CN)c1F. The van der Waals surface area contributed by atoms with Gasteiger partial charge in [0.2, 0.25) is 0 Å². The first kappa shape index (κ1) is 22.8. The standard InChI is InChI=1S/C17H20F3N3O.C2H4O/c1-17(2,22-3)12-13(19)15(9-4-6-10(18)7-5-9)23-16(14(12)20)11(24)8-21;1-2-3/h4-7,11,22,24H,8,21H2,1-3H3;2H,1H3. The van der Waals surface area contributed by atoms with Gasteiger partial charge in [0.1, 0.15) is 29.6 Å². The second-order valence-electron chi connectivity index (χ2n) is 6.22. The zero-order valence-electron chi connectivity index (χ0n) is 15.7. The van der Waals surface area contributed by atoms with E-state index in [4.69, 9.17) is 10.5 Å². The fraction of sp³-hybridized carbons (Fsp3) is 0.368. The number of benzene rings is 1. The van der Waals surface area contributed by atoms with Gasteiger partial charge in [0.15, 0.2) is 11.6 Å². The van der Waals surface area contributed by atoms with E-state index in [0.29, 0.717) is 0 Å². The molecule has 1 atom stereocenters. The highest BCUT2D eigenvalue weighted by atomic mass is 19.1. The van der Waals surface area contributed by atoms with Crippen molar-refractivity contribution >= 4 is 6.29 Å². The highest BCUT2D eigenvalue weighted by molar-refractivity contribution is 5.62. The number of aliphatic hydroxyl groups excluding tert-OH is 1. The summed E-state index contributed by atoms with van der Waals surface area (Å²) in [5.74, 6) is -2.30. The first-order valence-corrected chi connectivity index (χ1v) is 8.26. The lowest BCUT2D eigenvalue weighted by atomic mass is 9.90. The zero-order chi connectivity index (χ0) is 20.8. The summed E-state index contributed by atoms with van der Waals surface area (Å²) in [6, 6.07) is 4.99. The molecule has 0 spiro atoms. The average molecular weight is 383 g/mol. The van der Waals surface area contributed by atoms with Crippen LogP contribution in [0.15, 0.2) is 24.3 Å². The van der Waals surface area contributed by atoms with Gasteiger partial charge in [-0.15, -0.1) is 0 Å². The molecule has 0 aliphatic carbocycles. The van der Waals surface area contributed by atoms with Crippen molar-refractivity contribution in [3.8, 4) is 11.3 Å². The van der Waals surface area contributed by atoms with Crippen LogP contribution in [0.4, 0.5) is 13.2 Å². The van der Waals surface area contributed by atoms with E-state index in [1.165, 1.54) is 19.1 Å². The topological polar surface area (TPSA) is 88.2 Å². The molecule has 0 saturated carbocycles. The van der Waals surface area contributed by atoms with Gasteiger partial charge in [0, 0.05) is 23.2 Å². The number of hydrogen-bond acceptors (Lipinski definition) is 5. The molecule has 8 heteroatoms. The Bertz CT molecular complexity index is 781. The average Bonchev–Trinajstić information content (AvgIpc) is 2.63. The van der Waals surface area contributed by atoms with Gasteiger partial charge in [0.05, 0.1) is 0 Å². The number of nitrogens with zero attached hydrogens (tertiary/aromatic N) is 1. The van der Waals surface area contributed by atoms with Crippen LogP contribution in [-0.2, 0) is 10.3 Å². The maximum Gasteiger partial charge on any atom is 0.157 e. The van der Waals surface area contributed by atoms with Crippen molar-refractivity contribution in [2.75, 3.05) is 13.6 Å². The molecule has 5 nitrogen and oxygen atoms in total. The molecule has 0 aliphatic rings. The van der Waals surface area contributed by atoms with Crippen molar-refractivity contribution in [3.63, 3.8) is 0 Å². The van der Waals surface area contributed by atoms with Crippen molar-refractivity contribution in [2.24, 2.45) is 5.73 Å². The van der Waals surface area contributed by atoms with Gasteiger partial charge in [-0.05, 0) is 52.1 Å². The summed E-state index contributed by atoms with van der Waals surface area (Å²) in [7, 11) is 1.57. The maximum absolute atomic E-state index is 15.0. The first-order chi connectivity index (χ1) is 12.6. The number of hydrogen-bond donors (Lipinski definition) is 3. The predicted octanol–water partition coefficient (Wildman–Crippen LogP) is 2.82. The molecule has 0 fully saturated rings. The van der Waals surface area contributed by atoms with Gasteiger partial charge in [0.25, 0.3) is 0 Å². The quantitative estimate of drug-likeness (QED) is 0.691. The zero-order valence-corrected chi connectivity index (χ0v) is 15.7. The minimum Gasteiger partial charge on any atom is -0.385 e. The van der Waals surface area contributed by atoms with Crippen LogP contribution >= 0.6 is 0 Å². The molecule has 0 radical (unpaired) electrons. The van der Waals surface area contributed by atoms with E-state index < -0.39 is 29.1 Å². The van der Waals surface area contributed by atoms with E-state index in [1.807, 2.05) is 0 Å². The van der Waals surface area contributed by atoms with Crippen LogP contribution in [0.2, 0.25) is 0 Å². The minimum absolute atomic E-state index is 0.169. The van der Waals surface area contributed by atoms with Gasteiger partial charge in [-0.3, -0.25) is 0 Å². The van der Waals surface area contributed by atoms with Crippen LogP contribution in [0.1, 0.15) is 38.1 Å². The fourth-order valence-corrected chi connectivity index (χ4v) is 2.37. The number of nitrogens with one attached hydrogen (secondary N) is 1. The first-order valence-electron chi connectivity index (χ1n) is 8.26. The Morgan fingerprint density at radius 1 is 1.22 bits per heavy atom. The van der Waals surface area contributed by atoms with Gasteiger partial charge in [-0.2, -0.15) is 0 Å². The lowest BCUT2D eigenvalue weighted by Gasteiger charge is -2.28. The lowest BCUT2D eigenvalue weighted by molar-refractivity contribution is -0.106. The number of aromatic nitrogens is 1. The highest BCUT2D eigenvalue weighted by Gasteiger charge is 2.33. The predicted molar refractivity (Wildman–Crippen MR) is 97.4 cm³/mol. The largest absolute Gasteiger partial charge is 0.385 e. The number of nitrogens with two attached hydrogens (primary N) is 1. The number of rotatable bonds is 5. The van der Waals surface area contributed by atoms with Crippen LogP contribution in [0.25, 0.3) is 11.3 Å². The van der Waals surface area contributed by atoms with E-state index in [-0.39, 0.29) is 29.1 Å². The third-order valence-electron chi connectivity index (χ3n) is 4.01. The molecular weight excluding hydrogens is 359 g/mol. The molecule has 2 rings (SSSR count). The molecule has 0 saturated heterocycles. The van der Waals surface area contributed by atoms with Gasteiger partial charge in [-0.1, -0.05) is 0 Å². The Kier molecular flexibility index (Phi) is 8.08. The van der Waals surface area contributed by atoms with Crippen LogP contribution in [0.5, 0.6) is 0 Å². The summed E-state index contributed by atoms with van der Waals surface area (Å²) < 4.78 is 42.9. The van der Waals surface area contributed by atoms with E-state index >= 15 is 4.39 Å². The summed E-state index contributed by atoms with van der Waals surface area (Å²) in [6.07, 6.45) is -0.629. The van der Waals surface area contributed by atoms with Crippen LogP contribution in [0, 0.1) is 17.5 Å². The molecule has 1 aromatic carbocycles. The van der Waals surface area contributed by atoms with Crippen molar-refractivity contribution in [3.05, 3.63) is 53.0 Å². The molecule has 148 valence electrons. The lowest BCUT2D eigenvalue weighted by Crippen LogP contribution is -2.36. The van der Waals surface area contributed by atoms with Crippen molar-refractivity contribution in [2.45, 2.75) is 32.4 Å². The smallest absolute Gasteiger partial charge is 0.157 e. The van der Waals surface area contributed by atoms with Crippen LogP contribution in [0.3, 0.4) is 0 Å². The Morgan fingerprint density at radius 2 is 1.74 bits per heavy atom. The molecule has 0 amide bonds. The van der Waals surface area contributed by atoms with E-state index in [1.54, 1.807) is 20.9 Å². The van der Waals surface area contributed by atoms with E-state index in [0.717, 1.165) is 18.4 Å². The van der Waals surface area contributed by atoms with E-state index in [9.17, 15) is 13.9 Å². The highest BCUT2D eigenvalue weighted by Crippen LogP contribution is 2.34. The molecule has 4 N–H and O–H groups in total. The number of pyridine rings is 1. The van der Waals surface area contributed by atoms with Gasteiger partial charge in [-0.25, -0.2) is 18.2 Å². The molecular formula is C19H24F3N3O2. The number of halogens is 3. The summed E-state index contributed by atoms with van der Waals surface area (Å²) in [5, 5.41) is 12.8. The van der Waals surface area contributed by atoms with E-state index in [2.05, 4.69) is 10.3 Å². The van der Waals surface area contributed by atoms with Gasteiger partial charge < -0.3 is 21.0 Å². The van der Waals surface area contributed by atoms with Crippen LogP contribution < -0.4 is 11.1 Å². The minimum atomic E-state index is -1.38. The van der Waals surface area contributed by atoms with Crippen molar-refractivity contribution in [1.82, 2.24) is 10.3 Å². The summed E-state index contributed by atoms with van der Waals surface area (Å²) in [6.45, 7) is 4.38. The second kappa shape index (κ2) is 9.59. The third-order valence-corrected chi connectivity index (χ3v) is 4.01. The monoisotopic (exact) mass is 383 g/mol. The fourth-order valence-electron chi connectivity index (χ4n) is 2.37. The number of carbonyl (C=O) groups excluding carboxylic acids is 1. The summed E-state index contributed by atoms with van der Waals surface area (Å²) in [4.78, 5) is 12.7. The van der Waals surface area contributed by atoms with Crippen molar-refractivity contribution < 1.29 is 23.1 Å². The Hall–Kier alpha value is -2.29. The maximum atomic E-state index is 15.0. The van der Waals surface area contributed by atoms with Crippen molar-refractivity contribution in [1.29, 1.82) is 0 Å². The Morgan fingerprint density at radius 3 is 2.19 bits per heavy atom. The van der Waals surface area contributed by atoms with Crippen LogP contribution in [-0.4, -0.2) is 30.0 Å². The number of aliphatic hydroxyl groups is 1. The molecule has 1 aromatic heterocycles. The molecule has 1 heterocycles. The molecule has 0 aliphatic heterocycles. The summed E-state index contributed by atoms with van der Waals surface area (Å²) >= 11 is 0. The normalized spacial score (nSPS) is 12.2. The molecule has 1 unspecified atom stereocenters. The third kappa shape index (κ3) is 5.12. The summed E-state index contributed by atoms with van der Waals surface area (Å²) in [5.41, 5.74) is 3.84. The van der Waals surface area contributed by atoms with Gasteiger partial charge >= 0.3 is 0 Å². The Balaban J connectivity index is 0.00000114. The number of aldehydes is 1. The molecule has 0 bridgehead atoms. The second-order valence-corrected chi connectivity index (χ2v) is 6.22.